The van der Waals surface area contributed by atoms with Gasteiger partial charge in [-0.15, -0.1) is 5.10 Å². The van der Waals surface area contributed by atoms with Gasteiger partial charge >= 0.3 is 0 Å². The summed E-state index contributed by atoms with van der Waals surface area (Å²) in [5, 5.41) is 11.7. The minimum Gasteiger partial charge on any atom is -0.383 e. The van der Waals surface area contributed by atoms with E-state index in [4.69, 9.17) is 40.2 Å². The van der Waals surface area contributed by atoms with Crippen LogP contribution in [0.4, 0.5) is 5.95 Å². The van der Waals surface area contributed by atoms with E-state index in [1.54, 1.807) is 30.3 Å². The predicted molar refractivity (Wildman–Crippen MR) is 91.7 cm³/mol. The maximum atomic E-state index is 5.99. The van der Waals surface area contributed by atoms with Crippen molar-refractivity contribution in [2.75, 3.05) is 25.6 Å². The maximum Gasteiger partial charge on any atom is 0.248 e. The van der Waals surface area contributed by atoms with Gasteiger partial charge in [-0.25, -0.2) is 9.67 Å². The van der Waals surface area contributed by atoms with Crippen molar-refractivity contribution in [3.8, 4) is 0 Å². The van der Waals surface area contributed by atoms with E-state index >= 15 is 0 Å². The van der Waals surface area contributed by atoms with Crippen LogP contribution in [-0.4, -0.2) is 40.1 Å². The van der Waals surface area contributed by atoms with E-state index in [-0.39, 0.29) is 0 Å². The average molecular weight is 360 g/mol. The van der Waals surface area contributed by atoms with Crippen LogP contribution in [0.2, 0.25) is 10.0 Å². The maximum absolute atomic E-state index is 5.99. The van der Waals surface area contributed by atoms with Gasteiger partial charge in [-0.1, -0.05) is 29.3 Å². The molecule has 0 aliphatic heterocycles. The second-order valence-corrected chi connectivity index (χ2v) is 5.61. The molecule has 0 aliphatic rings. The fourth-order valence-corrected chi connectivity index (χ4v) is 2.18. The first-order chi connectivity index (χ1) is 10.6. The Morgan fingerprint density at radius 1 is 1.36 bits per heavy atom. The van der Waals surface area contributed by atoms with Crippen molar-refractivity contribution in [1.29, 1.82) is 0 Å². The number of nitrogens with zero attached hydrogens (tertiary/aromatic N) is 3. The molecular weight excluding hydrogens is 345 g/mol. The number of nitrogens with one attached hydrogen (secondary N) is 2. The summed E-state index contributed by atoms with van der Waals surface area (Å²) in [5.41, 5.74) is 0.978. The molecule has 0 spiro atoms. The zero-order valence-corrected chi connectivity index (χ0v) is 14.2. The molecule has 1 aromatic carbocycles. The SMILES string of the molecule is COCCNC(=S)Nc1ncn(Cc2ccc(Cl)c(Cl)c2)n1. The summed E-state index contributed by atoms with van der Waals surface area (Å²) in [6.07, 6.45) is 1.61. The van der Waals surface area contributed by atoms with Crippen LogP contribution in [0.1, 0.15) is 5.56 Å². The monoisotopic (exact) mass is 359 g/mol. The van der Waals surface area contributed by atoms with Crippen LogP contribution in [0, 0.1) is 0 Å². The largest absolute Gasteiger partial charge is 0.383 e. The third-order valence-corrected chi connectivity index (χ3v) is 3.67. The first kappa shape index (κ1) is 17.0. The summed E-state index contributed by atoms with van der Waals surface area (Å²) in [6, 6.07) is 5.44. The van der Waals surface area contributed by atoms with Crippen LogP contribution in [-0.2, 0) is 11.3 Å². The smallest absolute Gasteiger partial charge is 0.248 e. The summed E-state index contributed by atoms with van der Waals surface area (Å²) in [6.45, 7) is 1.72. The van der Waals surface area contributed by atoms with Crippen LogP contribution in [0.5, 0.6) is 0 Å². The van der Waals surface area contributed by atoms with Gasteiger partial charge in [0, 0.05) is 13.7 Å². The second kappa shape index (κ2) is 8.28. The Labute approximate surface area is 143 Å². The minimum atomic E-state index is 0.426. The fourth-order valence-electron chi connectivity index (χ4n) is 1.67. The molecule has 2 N–H and O–H groups in total. The van der Waals surface area contributed by atoms with Gasteiger partial charge in [0.1, 0.15) is 6.33 Å². The predicted octanol–water partition coefficient (Wildman–Crippen LogP) is 2.57. The van der Waals surface area contributed by atoms with Crippen molar-refractivity contribution >= 4 is 46.5 Å². The Balaban J connectivity index is 1.90. The fraction of sp³-hybridized carbons (Fsp3) is 0.308. The number of aromatic nitrogens is 3. The zero-order valence-electron chi connectivity index (χ0n) is 11.8. The standard InChI is InChI=1S/C13H15Cl2N5OS/c1-21-5-4-16-13(22)18-12-17-8-20(19-12)7-9-2-3-10(14)11(15)6-9/h2-3,6,8H,4-5,7H2,1H3,(H2,16,18,19,22). The summed E-state index contributed by atoms with van der Waals surface area (Å²) < 4.78 is 6.61. The average Bonchev–Trinajstić information content (AvgIpc) is 2.90. The second-order valence-electron chi connectivity index (χ2n) is 4.39. The molecule has 1 aromatic heterocycles. The Kier molecular flexibility index (Phi) is 6.38. The van der Waals surface area contributed by atoms with Crippen LogP contribution < -0.4 is 10.6 Å². The summed E-state index contributed by atoms with van der Waals surface area (Å²) in [4.78, 5) is 4.14. The summed E-state index contributed by atoms with van der Waals surface area (Å²) in [7, 11) is 1.63. The first-order valence-electron chi connectivity index (χ1n) is 6.45. The highest BCUT2D eigenvalue weighted by atomic mass is 35.5. The Morgan fingerprint density at radius 3 is 2.91 bits per heavy atom. The Morgan fingerprint density at radius 2 is 2.18 bits per heavy atom. The number of benzene rings is 1. The molecule has 22 heavy (non-hydrogen) atoms. The normalized spacial score (nSPS) is 10.5. The number of hydrogen-bond donors (Lipinski definition) is 2. The number of halogens is 2. The lowest BCUT2D eigenvalue weighted by molar-refractivity contribution is 0.204. The molecule has 0 saturated heterocycles. The molecule has 0 atom stereocenters. The number of thiocarbonyl (C=S) groups is 1. The molecule has 0 unspecified atom stereocenters. The van der Waals surface area contributed by atoms with Crippen molar-refractivity contribution in [3.63, 3.8) is 0 Å². The number of methoxy groups -OCH3 is 1. The number of hydrogen-bond acceptors (Lipinski definition) is 4. The molecule has 1 heterocycles. The van der Waals surface area contributed by atoms with Gasteiger partial charge in [0.2, 0.25) is 5.95 Å². The van der Waals surface area contributed by atoms with E-state index in [9.17, 15) is 0 Å². The quantitative estimate of drug-likeness (QED) is 0.610. The first-order valence-corrected chi connectivity index (χ1v) is 7.62. The lowest BCUT2D eigenvalue weighted by Crippen LogP contribution is -2.31. The molecule has 0 fully saturated rings. The summed E-state index contributed by atoms with van der Waals surface area (Å²) in [5.74, 6) is 0.426. The Hall–Kier alpha value is -1.41. The van der Waals surface area contributed by atoms with Gasteiger partial charge in [0.25, 0.3) is 0 Å². The Bertz CT molecular complexity index is 649. The molecule has 0 saturated carbocycles. The van der Waals surface area contributed by atoms with Crippen molar-refractivity contribution < 1.29 is 4.74 Å². The third-order valence-electron chi connectivity index (χ3n) is 2.68. The van der Waals surface area contributed by atoms with Gasteiger partial charge in [0.15, 0.2) is 5.11 Å². The van der Waals surface area contributed by atoms with Gasteiger partial charge in [-0.3, -0.25) is 5.32 Å². The van der Waals surface area contributed by atoms with Crippen molar-refractivity contribution in [3.05, 3.63) is 40.1 Å². The highest BCUT2D eigenvalue weighted by molar-refractivity contribution is 7.80. The van der Waals surface area contributed by atoms with Crippen molar-refractivity contribution in [2.24, 2.45) is 0 Å². The molecule has 0 radical (unpaired) electrons. The van der Waals surface area contributed by atoms with E-state index in [0.29, 0.717) is 40.8 Å². The lowest BCUT2D eigenvalue weighted by Gasteiger charge is -2.06. The molecular formula is C13H15Cl2N5OS. The summed E-state index contributed by atoms with van der Waals surface area (Å²) >= 11 is 17.0. The molecule has 0 amide bonds. The van der Waals surface area contributed by atoms with E-state index in [1.165, 1.54) is 0 Å². The van der Waals surface area contributed by atoms with Gasteiger partial charge in [-0.2, -0.15) is 0 Å². The van der Waals surface area contributed by atoms with E-state index < -0.39 is 0 Å². The van der Waals surface area contributed by atoms with Gasteiger partial charge in [-0.05, 0) is 29.9 Å². The van der Waals surface area contributed by atoms with Crippen molar-refractivity contribution in [1.82, 2.24) is 20.1 Å². The molecule has 2 rings (SSSR count). The van der Waals surface area contributed by atoms with Gasteiger partial charge in [0.05, 0.1) is 23.2 Å². The van der Waals surface area contributed by atoms with Crippen LogP contribution >= 0.6 is 35.4 Å². The molecule has 0 aliphatic carbocycles. The zero-order chi connectivity index (χ0) is 15.9. The molecule has 9 heteroatoms. The number of rotatable bonds is 6. The molecule has 2 aromatic rings. The van der Waals surface area contributed by atoms with E-state index in [1.807, 2.05) is 6.07 Å². The lowest BCUT2D eigenvalue weighted by atomic mass is 10.2. The van der Waals surface area contributed by atoms with Crippen LogP contribution in [0.3, 0.4) is 0 Å². The molecule has 6 nitrogen and oxygen atoms in total. The van der Waals surface area contributed by atoms with E-state index in [0.717, 1.165) is 5.56 Å². The van der Waals surface area contributed by atoms with Crippen molar-refractivity contribution in [2.45, 2.75) is 6.54 Å². The molecule has 0 bridgehead atoms. The minimum absolute atomic E-state index is 0.426. The highest BCUT2D eigenvalue weighted by Gasteiger charge is 2.05. The van der Waals surface area contributed by atoms with Gasteiger partial charge < -0.3 is 10.1 Å². The molecule has 118 valence electrons. The number of anilines is 1. The topological polar surface area (TPSA) is 64.0 Å². The third kappa shape index (κ3) is 5.10. The van der Waals surface area contributed by atoms with Crippen LogP contribution in [0.25, 0.3) is 0 Å². The van der Waals surface area contributed by atoms with Crippen LogP contribution in [0.15, 0.2) is 24.5 Å². The number of ether oxygens (including phenoxy) is 1. The van der Waals surface area contributed by atoms with E-state index in [2.05, 4.69) is 20.7 Å². The highest BCUT2D eigenvalue weighted by Crippen LogP contribution is 2.22.